The van der Waals surface area contributed by atoms with E-state index in [9.17, 15) is 14.7 Å². The summed E-state index contributed by atoms with van der Waals surface area (Å²) in [6.07, 6.45) is 9.37. The summed E-state index contributed by atoms with van der Waals surface area (Å²) in [4.78, 5) is 25.1. The minimum Gasteiger partial charge on any atom is -0.481 e. The number of hydrogen-bond donors (Lipinski definition) is 2. The van der Waals surface area contributed by atoms with Crippen molar-refractivity contribution in [3.05, 3.63) is 11.6 Å². The Hall–Kier alpha value is -1.44. The molecule has 0 spiro atoms. The van der Waals surface area contributed by atoms with E-state index in [1.54, 1.807) is 0 Å². The number of esters is 1. The van der Waals surface area contributed by atoms with Gasteiger partial charge in [0.05, 0.1) is 31.8 Å². The molecule has 5 aliphatic rings. The molecule has 7 heteroatoms. The van der Waals surface area contributed by atoms with Gasteiger partial charge in [-0.3, -0.25) is 9.59 Å². The van der Waals surface area contributed by atoms with Gasteiger partial charge in [0.25, 0.3) is 0 Å². The summed E-state index contributed by atoms with van der Waals surface area (Å²) in [5, 5.41) is 13.5. The number of ether oxygens (including phenoxy) is 3. The third-order valence-corrected chi connectivity index (χ3v) is 10.8. The largest absolute Gasteiger partial charge is 0.481 e. The van der Waals surface area contributed by atoms with Crippen LogP contribution < -0.4 is 5.32 Å². The lowest BCUT2D eigenvalue weighted by atomic mass is 9.45. The molecule has 4 aliphatic carbocycles. The molecular weight excluding hydrogens is 482 g/mol. The van der Waals surface area contributed by atoms with Gasteiger partial charge in [0.15, 0.2) is 0 Å². The summed E-state index contributed by atoms with van der Waals surface area (Å²) < 4.78 is 18.9. The van der Waals surface area contributed by atoms with E-state index >= 15 is 0 Å². The van der Waals surface area contributed by atoms with Crippen LogP contribution >= 0.6 is 0 Å². The Labute approximate surface area is 228 Å². The van der Waals surface area contributed by atoms with Crippen molar-refractivity contribution in [1.82, 2.24) is 5.32 Å². The highest BCUT2D eigenvalue weighted by Gasteiger charge is 2.63. The molecule has 1 saturated heterocycles. The van der Waals surface area contributed by atoms with E-state index in [1.807, 2.05) is 14.0 Å². The van der Waals surface area contributed by atoms with E-state index in [2.05, 4.69) is 25.2 Å². The van der Waals surface area contributed by atoms with E-state index in [0.717, 1.165) is 51.5 Å². The zero-order valence-corrected chi connectivity index (χ0v) is 23.8. The van der Waals surface area contributed by atoms with Crippen molar-refractivity contribution >= 4 is 11.9 Å². The Morgan fingerprint density at radius 3 is 2.71 bits per heavy atom. The molecule has 5 rings (SSSR count). The van der Waals surface area contributed by atoms with Crippen molar-refractivity contribution in [2.24, 2.45) is 52.8 Å². The minimum absolute atomic E-state index is 0.133. The number of carbonyl (C=O) groups excluding carboxylic acids is 1. The molecule has 3 saturated carbocycles. The average molecular weight is 532 g/mol. The molecule has 0 amide bonds. The smallest absolute Gasteiger partial charge is 0.307 e. The zero-order chi connectivity index (χ0) is 27.0. The van der Waals surface area contributed by atoms with Crippen LogP contribution in [0.25, 0.3) is 0 Å². The van der Waals surface area contributed by atoms with Gasteiger partial charge in [-0.25, -0.2) is 0 Å². The van der Waals surface area contributed by atoms with Gasteiger partial charge in [0, 0.05) is 24.3 Å². The highest BCUT2D eigenvalue weighted by Crippen LogP contribution is 2.64. The number of rotatable bonds is 9. The number of fused-ring (bicyclic) bond motifs is 3. The van der Waals surface area contributed by atoms with Crippen LogP contribution in [-0.2, 0) is 23.8 Å². The fourth-order valence-electron chi connectivity index (χ4n) is 9.53. The summed E-state index contributed by atoms with van der Waals surface area (Å²) >= 11 is 0. The first-order valence-electron chi connectivity index (χ1n) is 15.3. The minimum atomic E-state index is -0.596. The van der Waals surface area contributed by atoms with Crippen molar-refractivity contribution in [3.63, 3.8) is 0 Å². The van der Waals surface area contributed by atoms with Crippen LogP contribution in [0.4, 0.5) is 0 Å². The zero-order valence-electron chi connectivity index (χ0n) is 23.8. The molecule has 1 heterocycles. The molecule has 1 aliphatic heterocycles. The van der Waals surface area contributed by atoms with Gasteiger partial charge in [-0.2, -0.15) is 0 Å². The summed E-state index contributed by atoms with van der Waals surface area (Å²) in [7, 11) is 1.92. The number of likely N-dealkylation sites (N-methyl/N-ethyl adjacent to an activating group) is 1. The highest BCUT2D eigenvalue weighted by atomic mass is 16.6. The quantitative estimate of drug-likeness (QED) is 0.253. The van der Waals surface area contributed by atoms with Gasteiger partial charge in [0.2, 0.25) is 0 Å². The van der Waals surface area contributed by atoms with Crippen molar-refractivity contribution in [2.75, 3.05) is 33.4 Å². The number of nitrogens with one attached hydrogen (secondary N) is 1. The Bertz CT molecular complexity index is 903. The van der Waals surface area contributed by atoms with Gasteiger partial charge < -0.3 is 24.6 Å². The summed E-state index contributed by atoms with van der Waals surface area (Å²) in [5.74, 6) is 1.53. The lowest BCUT2D eigenvalue weighted by molar-refractivity contribution is -0.225. The van der Waals surface area contributed by atoms with Gasteiger partial charge >= 0.3 is 11.9 Å². The molecule has 2 N–H and O–H groups in total. The number of aliphatic carboxylic acids is 1. The van der Waals surface area contributed by atoms with E-state index in [4.69, 9.17) is 14.2 Å². The monoisotopic (exact) mass is 531 g/mol. The fraction of sp³-hybridized carbons (Fsp3) is 0.871. The predicted molar refractivity (Wildman–Crippen MR) is 144 cm³/mol. The number of carboxylic acid groups (broad SMARTS) is 1. The van der Waals surface area contributed by atoms with Crippen LogP contribution in [0.15, 0.2) is 11.6 Å². The van der Waals surface area contributed by atoms with Gasteiger partial charge in [-0.1, -0.05) is 32.4 Å². The van der Waals surface area contributed by atoms with Crippen LogP contribution in [0.2, 0.25) is 0 Å². The normalized spacial score (nSPS) is 41.9. The molecule has 38 heavy (non-hydrogen) atoms. The van der Waals surface area contributed by atoms with Crippen LogP contribution in [0.3, 0.4) is 0 Å². The highest BCUT2D eigenvalue weighted by molar-refractivity contribution is 5.71. The molecular formula is C31H49NO6. The second kappa shape index (κ2) is 11.6. The Morgan fingerprint density at radius 2 is 2.00 bits per heavy atom. The van der Waals surface area contributed by atoms with E-state index in [1.165, 1.54) is 5.57 Å². The molecule has 2 bridgehead atoms. The van der Waals surface area contributed by atoms with Crippen LogP contribution in [0.5, 0.6) is 0 Å². The fourth-order valence-corrected chi connectivity index (χ4v) is 9.53. The predicted octanol–water partition coefficient (Wildman–Crippen LogP) is 4.69. The van der Waals surface area contributed by atoms with Gasteiger partial charge in [-0.15, -0.1) is 0 Å². The maximum Gasteiger partial charge on any atom is 0.307 e. The lowest BCUT2D eigenvalue weighted by Crippen LogP contribution is -2.64. The topological polar surface area (TPSA) is 94.1 Å². The molecule has 10 atom stereocenters. The average Bonchev–Trinajstić information content (AvgIpc) is 2.88. The second-order valence-corrected chi connectivity index (χ2v) is 13.2. The molecule has 7 unspecified atom stereocenters. The first-order chi connectivity index (χ1) is 18.3. The third-order valence-electron chi connectivity index (χ3n) is 10.8. The first kappa shape index (κ1) is 28.1. The van der Waals surface area contributed by atoms with Crippen molar-refractivity contribution in [1.29, 1.82) is 0 Å². The van der Waals surface area contributed by atoms with E-state index in [-0.39, 0.29) is 47.3 Å². The standard InChI is InChI=1S/C31H49NO6/c1-5-27(33)38-26-15-31-17-36-16-23(29(26)37-13-12-32-4)25(31)10-8-21-20-7-6-19(14-18(2)3)28(30(34)35)22(20)9-11-24(21)31/h11,18-23,25-26,28-29,32H,5-10,12-17H2,1-4H3,(H,34,35)/t19?,20?,21?,22?,23?,25?,26-,28?,29-,31+/m1/s1. The molecule has 214 valence electrons. The van der Waals surface area contributed by atoms with E-state index < -0.39 is 5.97 Å². The van der Waals surface area contributed by atoms with Crippen molar-refractivity contribution in [2.45, 2.75) is 84.3 Å². The van der Waals surface area contributed by atoms with Crippen molar-refractivity contribution < 1.29 is 28.9 Å². The molecule has 0 radical (unpaired) electrons. The molecule has 0 aromatic heterocycles. The van der Waals surface area contributed by atoms with E-state index in [0.29, 0.717) is 49.9 Å². The van der Waals surface area contributed by atoms with Crippen molar-refractivity contribution in [3.8, 4) is 0 Å². The molecule has 0 aromatic carbocycles. The Balaban J connectivity index is 1.45. The Kier molecular flexibility index (Phi) is 8.56. The number of hydrogen-bond acceptors (Lipinski definition) is 6. The number of carboxylic acids is 1. The third kappa shape index (κ3) is 4.96. The summed E-state index contributed by atoms with van der Waals surface area (Å²) in [5.41, 5.74) is 1.36. The Morgan fingerprint density at radius 1 is 1.18 bits per heavy atom. The number of allylic oxidation sites excluding steroid dienone is 1. The maximum atomic E-state index is 12.6. The second-order valence-electron chi connectivity index (χ2n) is 13.2. The maximum absolute atomic E-state index is 12.6. The summed E-state index contributed by atoms with van der Waals surface area (Å²) in [6, 6.07) is 0. The SMILES string of the molecule is CCC(=O)O[C@@H]1C[C@@]23COCC(C2CCC2C3=CCC3C2CCC(CC(C)C)C3C(=O)O)[C@H]1OCCNC. The van der Waals surface area contributed by atoms with Crippen LogP contribution in [-0.4, -0.2) is 62.7 Å². The van der Waals surface area contributed by atoms with Crippen LogP contribution in [0.1, 0.15) is 72.1 Å². The van der Waals surface area contributed by atoms with Gasteiger partial charge in [0.1, 0.15) is 6.10 Å². The van der Waals surface area contributed by atoms with Gasteiger partial charge in [-0.05, 0) is 87.5 Å². The molecule has 7 nitrogen and oxygen atoms in total. The number of carbonyl (C=O) groups is 2. The molecule has 4 fully saturated rings. The molecule has 0 aromatic rings. The lowest BCUT2D eigenvalue weighted by Gasteiger charge is -2.63. The summed E-state index contributed by atoms with van der Waals surface area (Å²) in [6.45, 7) is 8.94. The first-order valence-corrected chi connectivity index (χ1v) is 15.3. The van der Waals surface area contributed by atoms with Crippen LogP contribution in [0, 0.1) is 52.8 Å².